The van der Waals surface area contributed by atoms with E-state index in [-0.39, 0.29) is 6.09 Å². The number of rotatable bonds is 4. The fourth-order valence-corrected chi connectivity index (χ4v) is 2.44. The van der Waals surface area contributed by atoms with Gasteiger partial charge >= 0.3 is 6.09 Å². The zero-order valence-corrected chi connectivity index (χ0v) is 12.4. The summed E-state index contributed by atoms with van der Waals surface area (Å²) in [5.41, 5.74) is -0.421. The Morgan fingerprint density at radius 3 is 2.50 bits per heavy atom. The van der Waals surface area contributed by atoms with Crippen molar-refractivity contribution < 1.29 is 9.53 Å². The first kappa shape index (κ1) is 15.3. The fraction of sp³-hybridized carbons (Fsp3) is 0.929. The number of hydrogen-bond acceptors (Lipinski definition) is 3. The van der Waals surface area contributed by atoms with Gasteiger partial charge in [-0.05, 0) is 58.0 Å². The van der Waals surface area contributed by atoms with Crippen molar-refractivity contribution in [2.75, 3.05) is 19.6 Å². The van der Waals surface area contributed by atoms with Crippen molar-refractivity contribution in [3.8, 4) is 0 Å². The van der Waals surface area contributed by atoms with Gasteiger partial charge in [-0.25, -0.2) is 4.79 Å². The quantitative estimate of drug-likeness (QED) is 0.812. The van der Waals surface area contributed by atoms with Crippen molar-refractivity contribution in [2.24, 2.45) is 17.8 Å². The smallest absolute Gasteiger partial charge is 0.407 e. The van der Waals surface area contributed by atoms with Gasteiger partial charge in [0.15, 0.2) is 0 Å². The zero-order valence-electron chi connectivity index (χ0n) is 12.4. The van der Waals surface area contributed by atoms with Crippen LogP contribution in [0.3, 0.4) is 0 Å². The van der Waals surface area contributed by atoms with Crippen molar-refractivity contribution in [1.82, 2.24) is 10.6 Å². The van der Waals surface area contributed by atoms with Crippen LogP contribution in [0, 0.1) is 17.8 Å². The minimum atomic E-state index is -0.421. The lowest BCUT2D eigenvalue weighted by Crippen LogP contribution is -2.37. The van der Waals surface area contributed by atoms with Crippen molar-refractivity contribution in [1.29, 1.82) is 0 Å². The summed E-state index contributed by atoms with van der Waals surface area (Å²) in [4.78, 5) is 11.6. The molecule has 0 saturated carbocycles. The van der Waals surface area contributed by atoms with Gasteiger partial charge in [0.05, 0.1) is 0 Å². The van der Waals surface area contributed by atoms with Crippen molar-refractivity contribution in [2.45, 2.75) is 46.6 Å². The third-order valence-electron chi connectivity index (χ3n) is 3.16. The maximum atomic E-state index is 11.6. The molecule has 1 fully saturated rings. The van der Waals surface area contributed by atoms with Crippen LogP contribution < -0.4 is 10.6 Å². The molecule has 0 aromatic heterocycles. The van der Waals surface area contributed by atoms with Gasteiger partial charge in [-0.1, -0.05) is 13.8 Å². The van der Waals surface area contributed by atoms with Gasteiger partial charge in [0.2, 0.25) is 0 Å². The lowest BCUT2D eigenvalue weighted by molar-refractivity contribution is 0.0516. The second kappa shape index (κ2) is 6.41. The van der Waals surface area contributed by atoms with Crippen molar-refractivity contribution in [3.05, 3.63) is 0 Å². The molecule has 4 heteroatoms. The van der Waals surface area contributed by atoms with E-state index in [1.807, 2.05) is 20.8 Å². The Morgan fingerprint density at radius 2 is 1.94 bits per heavy atom. The highest BCUT2D eigenvalue weighted by Gasteiger charge is 2.28. The Balaban J connectivity index is 2.31. The zero-order chi connectivity index (χ0) is 13.8. The first-order chi connectivity index (χ1) is 8.28. The molecule has 18 heavy (non-hydrogen) atoms. The van der Waals surface area contributed by atoms with Crippen molar-refractivity contribution in [3.63, 3.8) is 0 Å². The fourth-order valence-electron chi connectivity index (χ4n) is 2.44. The molecule has 2 atom stereocenters. The number of carbonyl (C=O) groups excluding carboxylic acids is 1. The van der Waals surface area contributed by atoms with Gasteiger partial charge in [-0.15, -0.1) is 0 Å². The third kappa shape index (κ3) is 5.71. The number of alkyl carbamates (subject to hydrolysis) is 1. The van der Waals surface area contributed by atoms with E-state index in [4.69, 9.17) is 4.74 Å². The van der Waals surface area contributed by atoms with Crippen LogP contribution in [0.1, 0.15) is 41.0 Å². The molecule has 1 aliphatic heterocycles. The standard InChI is InChI=1S/C14H28N2O2/c1-10(2)6-11-7-15-8-12(11)9-16-13(17)18-14(3,4)5/h10-12,15H,6-9H2,1-5H3,(H,16,17). The minimum absolute atomic E-state index is 0.308. The summed E-state index contributed by atoms with van der Waals surface area (Å²) < 4.78 is 5.24. The van der Waals surface area contributed by atoms with Gasteiger partial charge < -0.3 is 15.4 Å². The summed E-state index contributed by atoms with van der Waals surface area (Å²) in [5.74, 6) is 1.90. The highest BCUT2D eigenvalue weighted by Crippen LogP contribution is 2.23. The molecule has 0 radical (unpaired) electrons. The SMILES string of the molecule is CC(C)CC1CNCC1CNC(=O)OC(C)(C)C. The summed E-state index contributed by atoms with van der Waals surface area (Å²) in [7, 11) is 0. The van der Waals surface area contributed by atoms with E-state index in [2.05, 4.69) is 24.5 Å². The van der Waals surface area contributed by atoms with Gasteiger partial charge in [-0.2, -0.15) is 0 Å². The molecule has 1 heterocycles. The van der Waals surface area contributed by atoms with E-state index >= 15 is 0 Å². The van der Waals surface area contributed by atoms with E-state index < -0.39 is 5.60 Å². The molecule has 0 bridgehead atoms. The molecule has 1 rings (SSSR count). The molecule has 0 aliphatic carbocycles. The summed E-state index contributed by atoms with van der Waals surface area (Å²) in [6.45, 7) is 12.9. The van der Waals surface area contributed by atoms with Crippen LogP contribution in [-0.2, 0) is 4.74 Å². The Bertz CT molecular complexity index is 271. The lowest BCUT2D eigenvalue weighted by atomic mass is 9.88. The maximum absolute atomic E-state index is 11.6. The number of hydrogen-bond donors (Lipinski definition) is 2. The van der Waals surface area contributed by atoms with Crippen LogP contribution in [0.25, 0.3) is 0 Å². The predicted molar refractivity (Wildman–Crippen MR) is 73.5 cm³/mol. The highest BCUT2D eigenvalue weighted by molar-refractivity contribution is 5.67. The molecule has 2 N–H and O–H groups in total. The summed E-state index contributed by atoms with van der Waals surface area (Å²) in [6.07, 6.45) is 0.908. The summed E-state index contributed by atoms with van der Waals surface area (Å²) >= 11 is 0. The van der Waals surface area contributed by atoms with E-state index in [9.17, 15) is 4.79 Å². The molecule has 1 saturated heterocycles. The number of nitrogens with one attached hydrogen (secondary N) is 2. The van der Waals surface area contributed by atoms with Crippen LogP contribution in [0.4, 0.5) is 4.79 Å². The Morgan fingerprint density at radius 1 is 1.33 bits per heavy atom. The van der Waals surface area contributed by atoms with Crippen LogP contribution in [0.2, 0.25) is 0 Å². The molecule has 4 nitrogen and oxygen atoms in total. The van der Waals surface area contributed by atoms with Crippen LogP contribution in [-0.4, -0.2) is 31.3 Å². The second-order valence-corrected chi connectivity index (χ2v) is 6.69. The van der Waals surface area contributed by atoms with E-state index in [1.165, 1.54) is 6.42 Å². The molecular weight excluding hydrogens is 228 g/mol. The first-order valence-corrected chi connectivity index (χ1v) is 6.95. The van der Waals surface area contributed by atoms with Crippen molar-refractivity contribution >= 4 is 6.09 Å². The topological polar surface area (TPSA) is 50.4 Å². The molecular formula is C14H28N2O2. The van der Waals surface area contributed by atoms with Gasteiger partial charge in [-0.3, -0.25) is 0 Å². The first-order valence-electron chi connectivity index (χ1n) is 6.95. The monoisotopic (exact) mass is 256 g/mol. The Hall–Kier alpha value is -0.770. The molecule has 2 unspecified atom stereocenters. The molecule has 1 amide bonds. The minimum Gasteiger partial charge on any atom is -0.444 e. The maximum Gasteiger partial charge on any atom is 0.407 e. The highest BCUT2D eigenvalue weighted by atomic mass is 16.6. The molecule has 106 valence electrons. The normalized spacial score (nSPS) is 24.3. The number of amides is 1. The number of ether oxygens (including phenoxy) is 1. The van der Waals surface area contributed by atoms with E-state index in [1.54, 1.807) is 0 Å². The average molecular weight is 256 g/mol. The Labute approximate surface area is 111 Å². The van der Waals surface area contributed by atoms with Gasteiger partial charge in [0, 0.05) is 6.54 Å². The third-order valence-corrected chi connectivity index (χ3v) is 3.16. The average Bonchev–Trinajstić information content (AvgIpc) is 2.58. The molecule has 0 spiro atoms. The van der Waals surface area contributed by atoms with Crippen LogP contribution >= 0.6 is 0 Å². The molecule has 0 aromatic rings. The van der Waals surface area contributed by atoms with Crippen LogP contribution in [0.5, 0.6) is 0 Å². The van der Waals surface area contributed by atoms with Gasteiger partial charge in [0.1, 0.15) is 5.60 Å². The molecule has 0 aromatic carbocycles. The Kier molecular flexibility index (Phi) is 5.45. The number of carbonyl (C=O) groups is 1. The summed E-state index contributed by atoms with van der Waals surface area (Å²) in [5, 5.41) is 6.29. The molecule has 1 aliphatic rings. The second-order valence-electron chi connectivity index (χ2n) is 6.69. The van der Waals surface area contributed by atoms with E-state index in [0.717, 1.165) is 13.1 Å². The van der Waals surface area contributed by atoms with E-state index in [0.29, 0.717) is 24.3 Å². The van der Waals surface area contributed by atoms with Gasteiger partial charge in [0.25, 0.3) is 0 Å². The lowest BCUT2D eigenvalue weighted by Gasteiger charge is -2.23. The van der Waals surface area contributed by atoms with Crippen LogP contribution in [0.15, 0.2) is 0 Å². The predicted octanol–water partition coefficient (Wildman–Crippen LogP) is 2.39. The summed E-state index contributed by atoms with van der Waals surface area (Å²) in [6, 6.07) is 0. The largest absolute Gasteiger partial charge is 0.444 e.